The van der Waals surface area contributed by atoms with Crippen molar-refractivity contribution in [2.24, 2.45) is 0 Å². The summed E-state index contributed by atoms with van der Waals surface area (Å²) in [6.07, 6.45) is 4.36. The molecule has 0 bridgehead atoms. The third-order valence-corrected chi connectivity index (χ3v) is 5.32. The molecule has 1 aromatic carbocycles. The maximum absolute atomic E-state index is 13.1. The molecule has 0 aliphatic carbocycles. The third kappa shape index (κ3) is 3.91. The number of rotatable bonds is 4. The van der Waals surface area contributed by atoms with E-state index in [0.717, 1.165) is 22.0 Å². The van der Waals surface area contributed by atoms with E-state index in [-0.39, 0.29) is 11.3 Å². The highest BCUT2D eigenvalue weighted by Crippen LogP contribution is 2.26. The van der Waals surface area contributed by atoms with Gasteiger partial charge < -0.3 is 9.30 Å². The zero-order valence-corrected chi connectivity index (χ0v) is 18.2. The summed E-state index contributed by atoms with van der Waals surface area (Å²) in [6.45, 7) is 3.74. The van der Waals surface area contributed by atoms with Gasteiger partial charge in [0.05, 0.1) is 24.6 Å². The summed E-state index contributed by atoms with van der Waals surface area (Å²) in [6, 6.07) is 11.0. The van der Waals surface area contributed by atoms with Crippen molar-refractivity contribution < 1.29 is 23.9 Å². The summed E-state index contributed by atoms with van der Waals surface area (Å²) >= 11 is 0. The van der Waals surface area contributed by atoms with Gasteiger partial charge >= 0.3 is 12.0 Å². The lowest BCUT2D eigenvalue weighted by Gasteiger charge is -2.26. The van der Waals surface area contributed by atoms with Crippen LogP contribution in [0.2, 0.25) is 0 Å². The molecule has 0 unspecified atom stereocenters. The number of aryl methyl sites for hydroxylation is 1. The van der Waals surface area contributed by atoms with Gasteiger partial charge in [-0.25, -0.2) is 14.5 Å². The topological polar surface area (TPSA) is 111 Å². The predicted molar refractivity (Wildman–Crippen MR) is 120 cm³/mol. The molecule has 2 aromatic heterocycles. The zero-order chi connectivity index (χ0) is 23.7. The molecular weight excluding hydrogens is 424 g/mol. The minimum absolute atomic E-state index is 0.167. The summed E-state index contributed by atoms with van der Waals surface area (Å²) in [5.74, 6) is -1.93. The predicted octanol–water partition coefficient (Wildman–Crippen LogP) is 2.94. The molecule has 9 heteroatoms. The van der Waals surface area contributed by atoms with E-state index in [1.54, 1.807) is 36.4 Å². The fourth-order valence-electron chi connectivity index (χ4n) is 3.73. The van der Waals surface area contributed by atoms with Crippen molar-refractivity contribution in [3.63, 3.8) is 0 Å². The summed E-state index contributed by atoms with van der Waals surface area (Å²) in [5.41, 5.74) is 3.59. The standard InChI is InChI=1S/C24H20N4O5/c1-14-11-17(15(2)27(14)18-8-6-16(7-9-18)23(31)33-3)12-20-21(29)26-24(32)28(22(20)30)19-5-4-10-25-13-19/h4-13H,1-3H3,(H,26,29,32)/b20-12+. The molecule has 1 fully saturated rings. The zero-order valence-electron chi connectivity index (χ0n) is 18.2. The SMILES string of the molecule is COC(=O)c1ccc(-n2c(C)cc(/C=C3\C(=O)NC(=O)N(c4cccnc4)C3=O)c2C)cc1. The number of anilines is 1. The number of hydrogen-bond acceptors (Lipinski definition) is 6. The number of amides is 4. The van der Waals surface area contributed by atoms with Crippen LogP contribution < -0.4 is 10.2 Å². The molecule has 9 nitrogen and oxygen atoms in total. The van der Waals surface area contributed by atoms with Gasteiger partial charge in [-0.05, 0) is 68.0 Å². The number of urea groups is 1. The molecule has 1 aliphatic heterocycles. The van der Waals surface area contributed by atoms with E-state index < -0.39 is 23.8 Å². The normalized spacial score (nSPS) is 15.1. The molecule has 0 saturated carbocycles. The molecule has 0 radical (unpaired) electrons. The second-order valence-electron chi connectivity index (χ2n) is 7.37. The van der Waals surface area contributed by atoms with E-state index >= 15 is 0 Å². The highest BCUT2D eigenvalue weighted by atomic mass is 16.5. The van der Waals surface area contributed by atoms with Crippen molar-refractivity contribution in [1.82, 2.24) is 14.9 Å². The number of nitrogens with zero attached hydrogens (tertiary/aromatic N) is 3. The van der Waals surface area contributed by atoms with Crippen LogP contribution in [0, 0.1) is 13.8 Å². The number of imide groups is 2. The van der Waals surface area contributed by atoms with Crippen molar-refractivity contribution >= 4 is 35.6 Å². The average molecular weight is 444 g/mol. The molecule has 0 spiro atoms. The molecule has 166 valence electrons. The first-order chi connectivity index (χ1) is 15.8. The molecular formula is C24H20N4O5. The number of methoxy groups -OCH3 is 1. The summed E-state index contributed by atoms with van der Waals surface area (Å²) in [7, 11) is 1.32. The van der Waals surface area contributed by atoms with Gasteiger partial charge in [0.25, 0.3) is 11.8 Å². The Morgan fingerprint density at radius 2 is 1.79 bits per heavy atom. The second-order valence-corrected chi connectivity index (χ2v) is 7.37. The Bertz CT molecular complexity index is 1310. The number of carbonyl (C=O) groups excluding carboxylic acids is 4. The van der Waals surface area contributed by atoms with Gasteiger partial charge in [-0.1, -0.05) is 0 Å². The fourth-order valence-corrected chi connectivity index (χ4v) is 3.73. The maximum atomic E-state index is 13.1. The third-order valence-electron chi connectivity index (χ3n) is 5.32. The van der Waals surface area contributed by atoms with Gasteiger partial charge in [0.1, 0.15) is 5.57 Å². The van der Waals surface area contributed by atoms with Crippen LogP contribution in [-0.4, -0.2) is 40.5 Å². The van der Waals surface area contributed by atoms with Crippen molar-refractivity contribution in [2.45, 2.75) is 13.8 Å². The van der Waals surface area contributed by atoms with Gasteiger partial charge in [0, 0.05) is 23.3 Å². The fraction of sp³-hybridized carbons (Fsp3) is 0.125. The number of esters is 1. The first kappa shape index (κ1) is 21.7. The molecule has 1 aliphatic rings. The number of ether oxygens (including phenoxy) is 1. The highest BCUT2D eigenvalue weighted by molar-refractivity contribution is 6.39. The van der Waals surface area contributed by atoms with E-state index in [9.17, 15) is 19.2 Å². The Morgan fingerprint density at radius 1 is 1.06 bits per heavy atom. The first-order valence-electron chi connectivity index (χ1n) is 10.0. The number of nitrogens with one attached hydrogen (secondary N) is 1. The number of hydrogen-bond donors (Lipinski definition) is 1. The van der Waals surface area contributed by atoms with Crippen molar-refractivity contribution in [3.8, 4) is 5.69 Å². The molecule has 4 amide bonds. The Morgan fingerprint density at radius 3 is 2.42 bits per heavy atom. The molecule has 1 saturated heterocycles. The van der Waals surface area contributed by atoms with Crippen molar-refractivity contribution in [3.05, 3.63) is 82.9 Å². The van der Waals surface area contributed by atoms with E-state index in [1.165, 1.54) is 25.6 Å². The van der Waals surface area contributed by atoms with Crippen LogP contribution in [0.3, 0.4) is 0 Å². The average Bonchev–Trinajstić information content (AvgIpc) is 3.09. The van der Waals surface area contributed by atoms with E-state index in [4.69, 9.17) is 4.74 Å². The Balaban J connectivity index is 1.72. The monoisotopic (exact) mass is 444 g/mol. The van der Waals surface area contributed by atoms with Crippen LogP contribution in [0.15, 0.2) is 60.4 Å². The van der Waals surface area contributed by atoms with E-state index in [1.807, 2.05) is 24.5 Å². The molecule has 33 heavy (non-hydrogen) atoms. The van der Waals surface area contributed by atoms with E-state index in [0.29, 0.717) is 11.1 Å². The smallest absolute Gasteiger partial charge is 0.337 e. The Kier molecular flexibility index (Phi) is 5.61. The van der Waals surface area contributed by atoms with Crippen LogP contribution >= 0.6 is 0 Å². The lowest BCUT2D eigenvalue weighted by atomic mass is 10.1. The maximum Gasteiger partial charge on any atom is 0.337 e. The lowest BCUT2D eigenvalue weighted by Crippen LogP contribution is -2.54. The van der Waals surface area contributed by atoms with Gasteiger partial charge in [-0.2, -0.15) is 0 Å². The van der Waals surface area contributed by atoms with Crippen LogP contribution in [0.25, 0.3) is 11.8 Å². The molecule has 4 rings (SSSR count). The molecule has 3 heterocycles. The quantitative estimate of drug-likeness (QED) is 0.376. The Labute approximate surface area is 189 Å². The van der Waals surface area contributed by atoms with Gasteiger partial charge in [-0.15, -0.1) is 0 Å². The number of benzene rings is 1. The van der Waals surface area contributed by atoms with Gasteiger partial charge in [-0.3, -0.25) is 19.9 Å². The highest BCUT2D eigenvalue weighted by Gasteiger charge is 2.37. The number of carbonyl (C=O) groups is 4. The lowest BCUT2D eigenvalue weighted by molar-refractivity contribution is -0.122. The van der Waals surface area contributed by atoms with E-state index in [2.05, 4.69) is 10.3 Å². The Hall–Kier alpha value is -4.53. The van der Waals surface area contributed by atoms with Crippen LogP contribution in [0.1, 0.15) is 27.3 Å². The summed E-state index contributed by atoms with van der Waals surface area (Å²) < 4.78 is 6.66. The number of pyridine rings is 1. The number of aromatic nitrogens is 2. The molecule has 0 atom stereocenters. The van der Waals surface area contributed by atoms with Crippen molar-refractivity contribution in [2.75, 3.05) is 12.0 Å². The van der Waals surface area contributed by atoms with Crippen LogP contribution in [-0.2, 0) is 14.3 Å². The van der Waals surface area contributed by atoms with Gasteiger partial charge in [0.15, 0.2) is 0 Å². The second kappa shape index (κ2) is 8.54. The van der Waals surface area contributed by atoms with Gasteiger partial charge in [0.2, 0.25) is 0 Å². The molecule has 1 N–H and O–H groups in total. The first-order valence-corrected chi connectivity index (χ1v) is 10.0. The van der Waals surface area contributed by atoms with Crippen molar-refractivity contribution in [1.29, 1.82) is 0 Å². The molecule has 3 aromatic rings. The number of barbiturate groups is 1. The van der Waals surface area contributed by atoms with Crippen LogP contribution in [0.5, 0.6) is 0 Å². The largest absolute Gasteiger partial charge is 0.465 e. The minimum atomic E-state index is -0.827. The summed E-state index contributed by atoms with van der Waals surface area (Å²) in [5, 5.41) is 2.20. The minimum Gasteiger partial charge on any atom is -0.465 e. The van der Waals surface area contributed by atoms with Crippen LogP contribution in [0.4, 0.5) is 10.5 Å². The summed E-state index contributed by atoms with van der Waals surface area (Å²) in [4.78, 5) is 54.3.